The van der Waals surface area contributed by atoms with E-state index >= 15 is 0 Å². The third-order valence-electron chi connectivity index (χ3n) is 3.92. The SMILES string of the molecule is CCOCCn1c(=NC(=O)CN2C(=O)CCC2=O)sc2ccccc21. The van der Waals surface area contributed by atoms with Gasteiger partial charge in [-0.2, -0.15) is 4.99 Å². The van der Waals surface area contributed by atoms with Crippen LogP contribution < -0.4 is 4.80 Å². The fourth-order valence-corrected chi connectivity index (χ4v) is 3.77. The Kier molecular flexibility index (Phi) is 5.40. The number of carbonyl (C=O) groups excluding carboxylic acids is 3. The molecule has 8 heteroatoms. The number of carbonyl (C=O) groups is 3. The van der Waals surface area contributed by atoms with Crippen molar-refractivity contribution in [1.29, 1.82) is 0 Å². The fourth-order valence-electron chi connectivity index (χ4n) is 2.70. The van der Waals surface area contributed by atoms with E-state index < -0.39 is 5.91 Å². The predicted molar refractivity (Wildman–Crippen MR) is 92.8 cm³/mol. The van der Waals surface area contributed by atoms with Gasteiger partial charge in [-0.1, -0.05) is 23.5 Å². The fraction of sp³-hybridized carbons (Fsp3) is 0.412. The molecule has 0 bridgehead atoms. The number of benzene rings is 1. The molecule has 0 spiro atoms. The Bertz CT molecular complexity index is 867. The zero-order valence-corrected chi connectivity index (χ0v) is 14.8. The molecule has 0 atom stereocenters. The van der Waals surface area contributed by atoms with Crippen LogP contribution in [0.5, 0.6) is 0 Å². The van der Waals surface area contributed by atoms with E-state index in [4.69, 9.17) is 4.74 Å². The van der Waals surface area contributed by atoms with Gasteiger partial charge >= 0.3 is 0 Å². The number of hydrogen-bond donors (Lipinski definition) is 0. The van der Waals surface area contributed by atoms with Crippen LogP contribution in [-0.4, -0.2) is 46.9 Å². The third kappa shape index (κ3) is 3.85. The number of aromatic nitrogens is 1. The smallest absolute Gasteiger partial charge is 0.268 e. The van der Waals surface area contributed by atoms with Crippen molar-refractivity contribution in [2.45, 2.75) is 26.3 Å². The monoisotopic (exact) mass is 361 g/mol. The number of likely N-dealkylation sites (tertiary alicyclic amines) is 1. The summed E-state index contributed by atoms with van der Waals surface area (Å²) in [6.07, 6.45) is 0.340. The molecule has 0 saturated carbocycles. The zero-order valence-electron chi connectivity index (χ0n) is 13.9. The van der Waals surface area contributed by atoms with Crippen LogP contribution in [0.15, 0.2) is 29.3 Å². The van der Waals surface area contributed by atoms with Crippen molar-refractivity contribution >= 4 is 39.3 Å². The van der Waals surface area contributed by atoms with Gasteiger partial charge in [-0.05, 0) is 19.1 Å². The minimum Gasteiger partial charge on any atom is -0.380 e. The molecule has 132 valence electrons. The Balaban J connectivity index is 1.89. The summed E-state index contributed by atoms with van der Waals surface area (Å²) in [5, 5.41) is 0. The number of amides is 3. The molecule has 1 aliphatic rings. The Morgan fingerprint density at radius 2 is 1.96 bits per heavy atom. The van der Waals surface area contributed by atoms with Crippen LogP contribution in [0.2, 0.25) is 0 Å². The van der Waals surface area contributed by atoms with E-state index in [1.54, 1.807) is 0 Å². The summed E-state index contributed by atoms with van der Waals surface area (Å²) >= 11 is 1.40. The number of ether oxygens (including phenoxy) is 1. The predicted octanol–water partition coefficient (Wildman–Crippen LogP) is 1.32. The molecule has 0 N–H and O–H groups in total. The summed E-state index contributed by atoms with van der Waals surface area (Å²) in [5.74, 6) is -1.12. The molecule has 1 aromatic carbocycles. The molecule has 2 aromatic rings. The minimum atomic E-state index is -0.500. The van der Waals surface area contributed by atoms with Crippen LogP contribution in [0, 0.1) is 0 Å². The molecule has 1 aromatic heterocycles. The molecule has 3 amide bonds. The van der Waals surface area contributed by atoms with Crippen molar-refractivity contribution in [2.24, 2.45) is 4.99 Å². The summed E-state index contributed by atoms with van der Waals surface area (Å²) in [4.78, 5) is 41.2. The summed E-state index contributed by atoms with van der Waals surface area (Å²) < 4.78 is 8.36. The lowest BCUT2D eigenvalue weighted by atomic mass is 10.3. The van der Waals surface area contributed by atoms with E-state index in [0.717, 1.165) is 15.1 Å². The summed E-state index contributed by atoms with van der Waals surface area (Å²) in [5.41, 5.74) is 0.979. The lowest BCUT2D eigenvalue weighted by Crippen LogP contribution is -2.34. The van der Waals surface area contributed by atoms with Gasteiger partial charge in [-0.25, -0.2) is 0 Å². The van der Waals surface area contributed by atoms with Crippen LogP contribution in [0.4, 0.5) is 0 Å². The summed E-state index contributed by atoms with van der Waals surface area (Å²) in [6.45, 7) is 3.34. The number of nitrogens with zero attached hydrogens (tertiary/aromatic N) is 3. The normalized spacial score (nSPS) is 15.6. The molecule has 2 heterocycles. The summed E-state index contributed by atoms with van der Waals surface area (Å²) in [6, 6.07) is 7.79. The first-order valence-electron chi connectivity index (χ1n) is 8.17. The molecule has 0 radical (unpaired) electrons. The van der Waals surface area contributed by atoms with Crippen molar-refractivity contribution in [1.82, 2.24) is 9.47 Å². The third-order valence-corrected chi connectivity index (χ3v) is 4.98. The number of imide groups is 1. The molecule has 1 aliphatic heterocycles. The Morgan fingerprint density at radius 1 is 1.24 bits per heavy atom. The van der Waals surface area contributed by atoms with Crippen molar-refractivity contribution in [2.75, 3.05) is 19.8 Å². The quantitative estimate of drug-likeness (QED) is 0.574. The first-order chi connectivity index (χ1) is 12.1. The van der Waals surface area contributed by atoms with E-state index in [0.29, 0.717) is 24.6 Å². The van der Waals surface area contributed by atoms with E-state index in [-0.39, 0.29) is 31.2 Å². The van der Waals surface area contributed by atoms with Crippen molar-refractivity contribution in [3.05, 3.63) is 29.1 Å². The van der Waals surface area contributed by atoms with E-state index in [1.807, 2.05) is 35.8 Å². The maximum absolute atomic E-state index is 12.3. The van der Waals surface area contributed by atoms with Gasteiger partial charge < -0.3 is 9.30 Å². The maximum atomic E-state index is 12.3. The molecule has 25 heavy (non-hydrogen) atoms. The Hall–Kier alpha value is -2.32. The second-order valence-corrected chi connectivity index (χ2v) is 6.59. The van der Waals surface area contributed by atoms with E-state index in [2.05, 4.69) is 4.99 Å². The number of rotatable bonds is 6. The van der Waals surface area contributed by atoms with E-state index in [9.17, 15) is 14.4 Å². The second-order valence-electron chi connectivity index (χ2n) is 5.58. The van der Waals surface area contributed by atoms with Crippen molar-refractivity contribution < 1.29 is 19.1 Å². The average molecular weight is 361 g/mol. The Labute approximate surface area is 148 Å². The van der Waals surface area contributed by atoms with Crippen LogP contribution in [0.3, 0.4) is 0 Å². The summed E-state index contributed by atoms with van der Waals surface area (Å²) in [7, 11) is 0. The molecular weight excluding hydrogens is 342 g/mol. The molecule has 1 fully saturated rings. The highest BCUT2D eigenvalue weighted by molar-refractivity contribution is 7.16. The topological polar surface area (TPSA) is 81.0 Å². The van der Waals surface area contributed by atoms with Gasteiger partial charge in [0, 0.05) is 26.0 Å². The minimum absolute atomic E-state index is 0.170. The number of fused-ring (bicyclic) bond motifs is 1. The number of thiazole rings is 1. The number of hydrogen-bond acceptors (Lipinski definition) is 5. The van der Waals surface area contributed by atoms with Crippen molar-refractivity contribution in [3.8, 4) is 0 Å². The zero-order chi connectivity index (χ0) is 17.8. The first-order valence-corrected chi connectivity index (χ1v) is 8.98. The highest BCUT2D eigenvalue weighted by Crippen LogP contribution is 2.17. The number of para-hydroxylation sites is 1. The maximum Gasteiger partial charge on any atom is 0.268 e. The van der Waals surface area contributed by atoms with Crippen LogP contribution in [0.25, 0.3) is 10.2 Å². The largest absolute Gasteiger partial charge is 0.380 e. The molecule has 3 rings (SSSR count). The van der Waals surface area contributed by atoms with Gasteiger partial charge in [-0.3, -0.25) is 19.3 Å². The van der Waals surface area contributed by atoms with Gasteiger partial charge in [0.15, 0.2) is 4.80 Å². The first kappa shape index (κ1) is 17.5. The molecule has 1 saturated heterocycles. The molecule has 0 unspecified atom stereocenters. The van der Waals surface area contributed by atoms with Crippen LogP contribution in [-0.2, 0) is 25.7 Å². The highest BCUT2D eigenvalue weighted by atomic mass is 32.1. The van der Waals surface area contributed by atoms with E-state index in [1.165, 1.54) is 11.3 Å². The Morgan fingerprint density at radius 3 is 2.68 bits per heavy atom. The lowest BCUT2D eigenvalue weighted by Gasteiger charge is -2.10. The molecule has 7 nitrogen and oxygen atoms in total. The van der Waals surface area contributed by atoms with Crippen LogP contribution in [0.1, 0.15) is 19.8 Å². The van der Waals surface area contributed by atoms with Gasteiger partial charge in [0.1, 0.15) is 6.54 Å². The molecule has 0 aliphatic carbocycles. The highest BCUT2D eigenvalue weighted by Gasteiger charge is 2.30. The van der Waals surface area contributed by atoms with Gasteiger partial charge in [0.05, 0.1) is 16.8 Å². The second kappa shape index (κ2) is 7.71. The lowest BCUT2D eigenvalue weighted by molar-refractivity contribution is -0.141. The van der Waals surface area contributed by atoms with Crippen molar-refractivity contribution in [3.63, 3.8) is 0 Å². The van der Waals surface area contributed by atoms with Gasteiger partial charge in [0.2, 0.25) is 11.8 Å². The van der Waals surface area contributed by atoms with Crippen LogP contribution >= 0.6 is 11.3 Å². The van der Waals surface area contributed by atoms with Gasteiger partial charge in [-0.15, -0.1) is 0 Å². The molecular formula is C17H19N3O4S. The van der Waals surface area contributed by atoms with Gasteiger partial charge in [0.25, 0.3) is 5.91 Å². The average Bonchev–Trinajstić information content (AvgIpc) is 3.10. The standard InChI is InChI=1S/C17H19N3O4S/c1-2-24-10-9-19-12-5-3-4-6-13(12)25-17(19)18-14(21)11-20-15(22)7-8-16(20)23/h3-6H,2,7-11H2,1H3.